The molecule has 0 radical (unpaired) electrons. The molecule has 316 valence electrons. The summed E-state index contributed by atoms with van der Waals surface area (Å²) in [6.07, 6.45) is 7.07. The number of fused-ring (bicyclic) bond motifs is 1. The predicted molar refractivity (Wildman–Crippen MR) is 228 cm³/mol. The van der Waals surface area contributed by atoms with Crippen LogP contribution in [0.4, 0.5) is 9.59 Å². The number of hydrogen-bond donors (Lipinski definition) is 4. The number of rotatable bonds is 11. The molecule has 4 atom stereocenters. The highest BCUT2D eigenvalue weighted by atomic mass is 32.1. The number of amides is 4. The van der Waals surface area contributed by atoms with Crippen LogP contribution in [-0.2, 0) is 19.1 Å². The molecule has 1 unspecified atom stereocenters. The van der Waals surface area contributed by atoms with Crippen molar-refractivity contribution >= 4 is 40.3 Å². The van der Waals surface area contributed by atoms with E-state index in [1.54, 1.807) is 38.8 Å². The monoisotopic (exact) mass is 853 g/mol. The minimum Gasteiger partial charge on any atom is -0.453 e. The number of benzene rings is 3. The van der Waals surface area contributed by atoms with Crippen LogP contribution >= 0.6 is 11.3 Å². The Balaban J connectivity index is 0.869. The number of carbonyl (C=O) groups excluding carboxylic acids is 4. The number of H-pyrrole nitrogens is 2. The van der Waals surface area contributed by atoms with Gasteiger partial charge in [-0.2, -0.15) is 5.10 Å². The van der Waals surface area contributed by atoms with Crippen LogP contribution in [0.2, 0.25) is 0 Å². The summed E-state index contributed by atoms with van der Waals surface area (Å²) in [5.74, 6) is 0.863. The van der Waals surface area contributed by atoms with E-state index >= 15 is 0 Å². The quantitative estimate of drug-likeness (QED) is 0.108. The smallest absolute Gasteiger partial charge is 0.407 e. The number of aromatic nitrogens is 7. The number of nitrogens with zero attached hydrogens (tertiary/aromatic N) is 7. The van der Waals surface area contributed by atoms with Crippen molar-refractivity contribution in [3.05, 3.63) is 126 Å². The van der Waals surface area contributed by atoms with Gasteiger partial charge in [0.05, 0.1) is 62.0 Å². The highest BCUT2D eigenvalue weighted by Crippen LogP contribution is 2.37. The van der Waals surface area contributed by atoms with Crippen molar-refractivity contribution < 1.29 is 28.7 Å². The van der Waals surface area contributed by atoms with Gasteiger partial charge in [0.15, 0.2) is 5.01 Å². The van der Waals surface area contributed by atoms with Crippen LogP contribution in [-0.4, -0.2) is 95.6 Å². The highest BCUT2D eigenvalue weighted by Gasteiger charge is 2.38. The largest absolute Gasteiger partial charge is 0.453 e. The lowest BCUT2D eigenvalue weighted by Gasteiger charge is -2.28. The van der Waals surface area contributed by atoms with Crippen LogP contribution in [0.15, 0.2) is 104 Å². The third-order valence-corrected chi connectivity index (χ3v) is 12.3. The van der Waals surface area contributed by atoms with Crippen molar-refractivity contribution in [3.8, 4) is 33.2 Å². The zero-order valence-corrected chi connectivity index (χ0v) is 34.7. The maximum absolute atomic E-state index is 13.9. The third kappa shape index (κ3) is 7.99. The molecule has 4 amide bonds. The first kappa shape index (κ1) is 40.1. The molecule has 4 N–H and O–H groups in total. The number of carbonyl (C=O) groups is 4. The molecule has 2 aliphatic rings. The molecule has 7 aromatic rings. The number of hydrogen-bond acceptors (Lipinski definition) is 11. The van der Waals surface area contributed by atoms with E-state index in [4.69, 9.17) is 24.5 Å². The summed E-state index contributed by atoms with van der Waals surface area (Å²) in [5.41, 5.74) is 5.46. The molecule has 0 saturated carbocycles. The van der Waals surface area contributed by atoms with Gasteiger partial charge in [0.2, 0.25) is 4.96 Å². The van der Waals surface area contributed by atoms with E-state index in [1.807, 2.05) is 79.0 Å². The minimum absolute atomic E-state index is 0.226. The Labute approximate surface area is 359 Å². The van der Waals surface area contributed by atoms with Crippen LogP contribution < -0.4 is 10.6 Å². The van der Waals surface area contributed by atoms with E-state index < -0.39 is 24.3 Å². The third-order valence-electron chi connectivity index (χ3n) is 11.3. The summed E-state index contributed by atoms with van der Waals surface area (Å²) >= 11 is 1.42. The van der Waals surface area contributed by atoms with Gasteiger partial charge >= 0.3 is 12.2 Å². The van der Waals surface area contributed by atoms with Crippen LogP contribution in [0.3, 0.4) is 0 Å². The molecule has 0 bridgehead atoms. The molecular weight excluding hydrogens is 811 g/mol. The van der Waals surface area contributed by atoms with Crippen LogP contribution in [0.25, 0.3) is 38.2 Å². The van der Waals surface area contributed by atoms with E-state index in [2.05, 4.69) is 25.6 Å². The molecule has 9 rings (SSSR count). The van der Waals surface area contributed by atoms with E-state index in [0.717, 1.165) is 48.2 Å². The predicted octanol–water partition coefficient (Wildman–Crippen LogP) is 6.76. The lowest BCUT2D eigenvalue weighted by Crippen LogP contribution is -2.42. The first-order valence-corrected chi connectivity index (χ1v) is 21.1. The summed E-state index contributed by atoms with van der Waals surface area (Å²) < 4.78 is 11.4. The molecular formula is C44H43N11O6S. The summed E-state index contributed by atoms with van der Waals surface area (Å²) in [4.78, 5) is 77.6. The Morgan fingerprint density at radius 3 is 1.71 bits per heavy atom. The van der Waals surface area contributed by atoms with Gasteiger partial charge in [0.25, 0.3) is 11.8 Å². The highest BCUT2D eigenvalue weighted by molar-refractivity contribution is 7.19. The molecule has 18 heteroatoms. The summed E-state index contributed by atoms with van der Waals surface area (Å²) in [6, 6.07) is 23.9. The van der Waals surface area contributed by atoms with Crippen molar-refractivity contribution in [2.75, 3.05) is 27.3 Å². The summed E-state index contributed by atoms with van der Waals surface area (Å²) in [5, 5.41) is 10.9. The van der Waals surface area contributed by atoms with Crippen molar-refractivity contribution in [3.63, 3.8) is 0 Å². The zero-order valence-electron chi connectivity index (χ0n) is 33.9. The Bertz CT molecular complexity index is 2680. The van der Waals surface area contributed by atoms with E-state index in [9.17, 15) is 19.2 Å². The SMILES string of the molecule is COC(=O)N[C@@H](C(=O)N1CCCC1c1ncc(-c2nn3cc(-c4ccc(-c5cnc([C@@H]6CCCN6C(=O)[C@H](NC(=O)OC)c6ccccc6)[nH]5)cc4)nc3s2)[nH]1)c1ccccc1. The molecule has 2 aliphatic heterocycles. The minimum atomic E-state index is -0.903. The van der Waals surface area contributed by atoms with Crippen molar-refractivity contribution in [2.45, 2.75) is 49.9 Å². The molecule has 0 aliphatic carbocycles. The van der Waals surface area contributed by atoms with Gasteiger partial charge in [-0.1, -0.05) is 96.3 Å². The maximum Gasteiger partial charge on any atom is 0.407 e. The average molecular weight is 854 g/mol. The topological polar surface area (TPSA) is 205 Å². The Hall–Kier alpha value is -7.34. The van der Waals surface area contributed by atoms with Gasteiger partial charge in [0.1, 0.15) is 23.7 Å². The molecule has 0 spiro atoms. The molecule has 17 nitrogen and oxygen atoms in total. The van der Waals surface area contributed by atoms with Crippen LogP contribution in [0.5, 0.6) is 0 Å². The normalized spacial score (nSPS) is 17.2. The van der Waals surface area contributed by atoms with Gasteiger partial charge < -0.3 is 39.9 Å². The Morgan fingerprint density at radius 2 is 1.19 bits per heavy atom. The lowest BCUT2D eigenvalue weighted by molar-refractivity contribution is -0.135. The van der Waals surface area contributed by atoms with Gasteiger partial charge in [-0.25, -0.2) is 29.1 Å². The number of nitrogens with one attached hydrogen (secondary N) is 4. The standard InChI is InChI=1S/C44H43N11O6S/c1-60-43(58)50-35(28-11-5-3-6-12-28)40(56)53-21-9-15-33(53)37-45-23-30(47-37)26-17-19-27(20-18-26)32-25-55-42(49-32)62-39(52-55)31-24-46-38(48-31)34-16-10-22-54(34)41(57)36(51-44(59)61-2)29-13-7-4-8-14-29/h3-8,11-14,17-20,23-25,33-36H,9-10,15-16,21-22H2,1-2H3,(H,45,47)(H,46,48)(H,50,58)(H,51,59)/t33-,34?,35+,36+/m0/s1. The number of methoxy groups -OCH3 is 2. The van der Waals surface area contributed by atoms with Gasteiger partial charge in [-0.05, 0) is 42.4 Å². The number of aromatic amines is 2. The van der Waals surface area contributed by atoms with E-state index in [1.165, 1.54) is 25.6 Å². The number of ether oxygens (including phenoxy) is 2. The number of alkyl carbamates (subject to hydrolysis) is 2. The first-order valence-electron chi connectivity index (χ1n) is 20.2. The second-order valence-corrected chi connectivity index (χ2v) is 16.0. The fourth-order valence-corrected chi connectivity index (χ4v) is 9.06. The number of likely N-dealkylation sites (tertiary alicyclic amines) is 2. The maximum atomic E-state index is 13.9. The molecule has 2 fully saturated rings. The Kier molecular flexibility index (Phi) is 11.2. The van der Waals surface area contributed by atoms with Gasteiger partial charge in [0, 0.05) is 18.7 Å². The van der Waals surface area contributed by atoms with Crippen LogP contribution in [0.1, 0.15) is 72.6 Å². The van der Waals surface area contributed by atoms with E-state index in [0.29, 0.717) is 51.5 Å². The Morgan fingerprint density at radius 1 is 0.694 bits per heavy atom. The van der Waals surface area contributed by atoms with E-state index in [-0.39, 0.29) is 23.9 Å². The van der Waals surface area contributed by atoms with Crippen molar-refractivity contribution in [1.29, 1.82) is 0 Å². The number of imidazole rings is 3. The average Bonchev–Trinajstić information content (AvgIpc) is 4.17. The lowest BCUT2D eigenvalue weighted by atomic mass is 10.1. The van der Waals surface area contributed by atoms with Crippen LogP contribution in [0, 0.1) is 0 Å². The van der Waals surface area contributed by atoms with Crippen molar-refractivity contribution in [1.82, 2.24) is 55.0 Å². The second kappa shape index (κ2) is 17.3. The van der Waals surface area contributed by atoms with Gasteiger partial charge in [-0.15, -0.1) is 0 Å². The first-order chi connectivity index (χ1) is 30.3. The fraction of sp³-hybridized carbons (Fsp3) is 0.273. The fourth-order valence-electron chi connectivity index (χ4n) is 8.22. The summed E-state index contributed by atoms with van der Waals surface area (Å²) in [7, 11) is 2.55. The second-order valence-electron chi connectivity index (χ2n) is 15.0. The molecule has 6 heterocycles. The molecule has 3 aromatic carbocycles. The molecule has 2 saturated heterocycles. The molecule has 62 heavy (non-hydrogen) atoms. The summed E-state index contributed by atoms with van der Waals surface area (Å²) in [6.45, 7) is 1.07. The molecule has 4 aromatic heterocycles. The van der Waals surface area contributed by atoms with Gasteiger partial charge in [-0.3, -0.25) is 9.59 Å². The zero-order chi connectivity index (χ0) is 42.7. The van der Waals surface area contributed by atoms with Crippen molar-refractivity contribution in [2.24, 2.45) is 0 Å².